The zero-order valence-corrected chi connectivity index (χ0v) is 17.8. The van der Waals surface area contributed by atoms with Crippen LogP contribution in [0.4, 0.5) is 0 Å². The molecular weight excluding hydrogens is 424 g/mol. The molecule has 1 aliphatic rings. The van der Waals surface area contributed by atoms with Gasteiger partial charge in [0.15, 0.2) is 0 Å². The first-order valence-electron chi connectivity index (χ1n) is 9.93. The van der Waals surface area contributed by atoms with Crippen molar-refractivity contribution in [1.82, 2.24) is 15.5 Å². The van der Waals surface area contributed by atoms with E-state index in [-0.39, 0.29) is 18.7 Å². The van der Waals surface area contributed by atoms with Crippen LogP contribution in [0.15, 0.2) is 30.3 Å². The Labute approximate surface area is 185 Å². The van der Waals surface area contributed by atoms with Gasteiger partial charge in [-0.1, -0.05) is 30.3 Å². The van der Waals surface area contributed by atoms with E-state index in [1.165, 1.54) is 4.90 Å². The fourth-order valence-electron chi connectivity index (χ4n) is 3.37. The van der Waals surface area contributed by atoms with E-state index in [1.54, 1.807) is 24.3 Å². The molecule has 1 aliphatic heterocycles. The van der Waals surface area contributed by atoms with E-state index in [0.29, 0.717) is 12.8 Å². The predicted octanol–water partition coefficient (Wildman–Crippen LogP) is -1.48. The van der Waals surface area contributed by atoms with Crippen LogP contribution in [0.25, 0.3) is 0 Å². The Bertz CT molecular complexity index is 793. The summed E-state index contributed by atoms with van der Waals surface area (Å²) >= 11 is 4.08. The SMILES string of the molecule is NC(CO)C(=O)NC(CS)C(=O)NC(Cc1ccccc1)C(=O)N1CCCC1C(=O)O. The van der Waals surface area contributed by atoms with Gasteiger partial charge in [-0.25, -0.2) is 4.79 Å². The summed E-state index contributed by atoms with van der Waals surface area (Å²) < 4.78 is 0. The molecule has 0 aromatic heterocycles. The Morgan fingerprint density at radius 1 is 1.13 bits per heavy atom. The summed E-state index contributed by atoms with van der Waals surface area (Å²) in [6.07, 6.45) is 1.06. The molecule has 4 atom stereocenters. The maximum atomic E-state index is 13.2. The number of hydrogen-bond donors (Lipinski definition) is 6. The quantitative estimate of drug-likeness (QED) is 0.236. The summed E-state index contributed by atoms with van der Waals surface area (Å²) in [5.41, 5.74) is 6.24. The Hall–Kier alpha value is -2.63. The molecule has 0 radical (unpaired) electrons. The highest BCUT2D eigenvalue weighted by Gasteiger charge is 2.38. The smallest absolute Gasteiger partial charge is 0.326 e. The second-order valence-corrected chi connectivity index (χ2v) is 7.68. The number of carboxylic acids is 1. The standard InChI is InChI=1S/C20H28N4O6S/c21-13(10-25)17(26)23-15(11-31)18(27)22-14(9-12-5-2-1-3-6-12)19(28)24-8-4-7-16(24)20(29)30/h1-3,5-6,13-16,25,31H,4,7-11,21H2,(H,22,27)(H,23,26)(H,29,30). The van der Waals surface area contributed by atoms with Crippen molar-refractivity contribution in [3.63, 3.8) is 0 Å². The second kappa shape index (κ2) is 11.7. The van der Waals surface area contributed by atoms with Crippen molar-refractivity contribution in [2.75, 3.05) is 18.9 Å². The summed E-state index contributed by atoms with van der Waals surface area (Å²) in [6.45, 7) is -0.303. The number of carbonyl (C=O) groups excluding carboxylic acids is 3. The van der Waals surface area contributed by atoms with Crippen molar-refractivity contribution < 1.29 is 29.4 Å². The Morgan fingerprint density at radius 3 is 2.35 bits per heavy atom. The number of carbonyl (C=O) groups is 4. The fourth-order valence-corrected chi connectivity index (χ4v) is 3.62. The van der Waals surface area contributed by atoms with E-state index in [2.05, 4.69) is 23.3 Å². The van der Waals surface area contributed by atoms with Gasteiger partial charge in [-0.15, -0.1) is 0 Å². The molecule has 0 saturated carbocycles. The average Bonchev–Trinajstić information content (AvgIpc) is 3.26. The third kappa shape index (κ3) is 6.68. The number of likely N-dealkylation sites (tertiary alicyclic amines) is 1. The minimum absolute atomic E-state index is 0.0660. The van der Waals surface area contributed by atoms with Crippen LogP contribution in [0.1, 0.15) is 18.4 Å². The van der Waals surface area contributed by atoms with Gasteiger partial charge in [0.2, 0.25) is 17.7 Å². The van der Waals surface area contributed by atoms with Gasteiger partial charge in [0.05, 0.1) is 6.61 Å². The van der Waals surface area contributed by atoms with Crippen LogP contribution >= 0.6 is 12.6 Å². The van der Waals surface area contributed by atoms with Crippen LogP contribution in [0.5, 0.6) is 0 Å². The summed E-state index contributed by atoms with van der Waals surface area (Å²) in [7, 11) is 0. The van der Waals surface area contributed by atoms with Gasteiger partial charge in [0, 0.05) is 18.7 Å². The molecule has 11 heteroatoms. The van der Waals surface area contributed by atoms with E-state index in [4.69, 9.17) is 10.8 Å². The first kappa shape index (κ1) is 24.6. The van der Waals surface area contributed by atoms with Gasteiger partial charge < -0.3 is 31.5 Å². The largest absolute Gasteiger partial charge is 0.480 e. The van der Waals surface area contributed by atoms with Crippen molar-refractivity contribution in [3.05, 3.63) is 35.9 Å². The molecule has 3 amide bonds. The lowest BCUT2D eigenvalue weighted by Gasteiger charge is -2.28. The molecule has 170 valence electrons. The van der Waals surface area contributed by atoms with E-state index in [0.717, 1.165) is 5.56 Å². The first-order valence-corrected chi connectivity index (χ1v) is 10.6. The minimum atomic E-state index is -1.20. The monoisotopic (exact) mass is 452 g/mol. The Balaban J connectivity index is 2.19. The van der Waals surface area contributed by atoms with Gasteiger partial charge in [0.1, 0.15) is 24.2 Å². The molecule has 1 fully saturated rings. The molecule has 2 rings (SSSR count). The number of aliphatic hydroxyl groups excluding tert-OH is 1. The van der Waals surface area contributed by atoms with Crippen molar-refractivity contribution in [1.29, 1.82) is 0 Å². The van der Waals surface area contributed by atoms with Crippen LogP contribution < -0.4 is 16.4 Å². The van der Waals surface area contributed by atoms with Gasteiger partial charge in [0.25, 0.3) is 0 Å². The number of nitrogens with two attached hydrogens (primary N) is 1. The lowest BCUT2D eigenvalue weighted by molar-refractivity contribution is -0.149. The molecule has 0 bridgehead atoms. The molecule has 31 heavy (non-hydrogen) atoms. The zero-order valence-electron chi connectivity index (χ0n) is 16.9. The summed E-state index contributed by atoms with van der Waals surface area (Å²) in [5, 5.41) is 23.4. The summed E-state index contributed by atoms with van der Waals surface area (Å²) in [6, 6.07) is 4.74. The summed E-state index contributed by atoms with van der Waals surface area (Å²) in [4.78, 5) is 50.7. The third-order valence-electron chi connectivity index (χ3n) is 5.07. The summed E-state index contributed by atoms with van der Waals surface area (Å²) in [5.74, 6) is -3.04. The van der Waals surface area contributed by atoms with Gasteiger partial charge >= 0.3 is 5.97 Å². The molecule has 1 saturated heterocycles. The number of aliphatic hydroxyl groups is 1. The third-order valence-corrected chi connectivity index (χ3v) is 5.43. The lowest BCUT2D eigenvalue weighted by Crippen LogP contribution is -2.58. The molecule has 1 aromatic carbocycles. The normalized spacial score (nSPS) is 18.7. The van der Waals surface area contributed by atoms with Crippen molar-refractivity contribution in [3.8, 4) is 0 Å². The number of hydrogen-bond acceptors (Lipinski definition) is 7. The number of amides is 3. The highest BCUT2D eigenvalue weighted by molar-refractivity contribution is 7.80. The van der Waals surface area contributed by atoms with Crippen LogP contribution in [0, 0.1) is 0 Å². The van der Waals surface area contributed by atoms with Crippen molar-refractivity contribution in [2.45, 2.75) is 43.4 Å². The molecule has 1 heterocycles. The topological polar surface area (TPSA) is 162 Å². The minimum Gasteiger partial charge on any atom is -0.480 e. The maximum absolute atomic E-state index is 13.2. The van der Waals surface area contributed by atoms with Crippen molar-refractivity contribution >= 4 is 36.3 Å². The average molecular weight is 453 g/mol. The van der Waals surface area contributed by atoms with Gasteiger partial charge in [-0.05, 0) is 18.4 Å². The number of thiol groups is 1. The number of nitrogens with one attached hydrogen (secondary N) is 2. The number of rotatable bonds is 10. The number of benzene rings is 1. The van der Waals surface area contributed by atoms with Gasteiger partial charge in [-0.3, -0.25) is 14.4 Å². The number of carboxylic acid groups (broad SMARTS) is 1. The molecule has 6 N–H and O–H groups in total. The number of aliphatic carboxylic acids is 1. The number of nitrogens with zero attached hydrogens (tertiary/aromatic N) is 1. The molecule has 0 aliphatic carbocycles. The molecule has 0 spiro atoms. The van der Waals surface area contributed by atoms with Crippen molar-refractivity contribution in [2.24, 2.45) is 5.73 Å². The molecule has 4 unspecified atom stereocenters. The van der Waals surface area contributed by atoms with E-state index in [1.807, 2.05) is 6.07 Å². The van der Waals surface area contributed by atoms with Crippen LogP contribution in [-0.2, 0) is 25.6 Å². The van der Waals surface area contributed by atoms with E-state index < -0.39 is 54.5 Å². The molecule has 10 nitrogen and oxygen atoms in total. The highest BCUT2D eigenvalue weighted by Crippen LogP contribution is 2.19. The van der Waals surface area contributed by atoms with E-state index >= 15 is 0 Å². The van der Waals surface area contributed by atoms with E-state index in [9.17, 15) is 24.3 Å². The fraction of sp³-hybridized carbons (Fsp3) is 0.500. The Kier molecular flexibility index (Phi) is 9.28. The Morgan fingerprint density at radius 2 is 1.77 bits per heavy atom. The second-order valence-electron chi connectivity index (χ2n) is 7.31. The van der Waals surface area contributed by atoms with Gasteiger partial charge in [-0.2, -0.15) is 12.6 Å². The predicted molar refractivity (Wildman–Crippen MR) is 115 cm³/mol. The zero-order chi connectivity index (χ0) is 23.0. The maximum Gasteiger partial charge on any atom is 0.326 e. The van der Waals surface area contributed by atoms with Crippen LogP contribution in [-0.4, -0.2) is 81.9 Å². The molecular formula is C20H28N4O6S. The van der Waals surface area contributed by atoms with Crippen LogP contribution in [0.2, 0.25) is 0 Å². The lowest BCUT2D eigenvalue weighted by atomic mass is 10.0. The molecule has 1 aromatic rings. The van der Waals surface area contributed by atoms with Crippen LogP contribution in [0.3, 0.4) is 0 Å². The highest BCUT2D eigenvalue weighted by atomic mass is 32.1. The first-order chi connectivity index (χ1) is 14.8.